The van der Waals surface area contributed by atoms with Gasteiger partial charge in [-0.25, -0.2) is 4.99 Å². The molecule has 3 N–H and O–H groups in total. The molecule has 2 rings (SSSR count). The Morgan fingerprint density at radius 3 is 2.41 bits per heavy atom. The zero-order valence-corrected chi connectivity index (χ0v) is 12.9. The molecule has 0 spiro atoms. The second kappa shape index (κ2) is 8.05. The van der Waals surface area contributed by atoms with Crippen molar-refractivity contribution in [2.24, 2.45) is 10.7 Å². The standard InChI is InChI=1S/C17H21N3O2/c1-21-12-14-9-7-13(8-10-14)11-19-17(18)20-15-5-3-4-6-16(15)22-2/h3-10H,11-12H2,1-2H3,(H3,18,19,20). The number of nitrogens with two attached hydrogens (primary N) is 1. The SMILES string of the molecule is COCc1ccc(CN=C(N)Nc2ccccc2OC)cc1. The number of benzene rings is 2. The van der Waals surface area contributed by atoms with Crippen LogP contribution in [0.25, 0.3) is 0 Å². The summed E-state index contributed by atoms with van der Waals surface area (Å²) >= 11 is 0. The Morgan fingerprint density at radius 2 is 1.73 bits per heavy atom. The molecule has 0 fully saturated rings. The van der Waals surface area contributed by atoms with Crippen LogP contribution in [0.3, 0.4) is 0 Å². The lowest BCUT2D eigenvalue weighted by atomic mass is 10.1. The topological polar surface area (TPSA) is 68.9 Å². The van der Waals surface area contributed by atoms with E-state index in [0.717, 1.165) is 22.6 Å². The van der Waals surface area contributed by atoms with Crippen LogP contribution in [0.15, 0.2) is 53.5 Å². The van der Waals surface area contributed by atoms with E-state index in [9.17, 15) is 0 Å². The number of hydrogen-bond acceptors (Lipinski definition) is 3. The minimum atomic E-state index is 0.352. The van der Waals surface area contributed by atoms with Crippen molar-refractivity contribution in [3.05, 3.63) is 59.7 Å². The summed E-state index contributed by atoms with van der Waals surface area (Å²) in [6.07, 6.45) is 0. The number of ether oxygens (including phenoxy) is 2. The van der Waals surface area contributed by atoms with Crippen LogP contribution in [0, 0.1) is 0 Å². The molecule has 0 aromatic heterocycles. The van der Waals surface area contributed by atoms with Gasteiger partial charge in [0.15, 0.2) is 5.96 Å². The first-order valence-corrected chi connectivity index (χ1v) is 6.99. The first-order chi connectivity index (χ1) is 10.7. The van der Waals surface area contributed by atoms with E-state index in [1.807, 2.05) is 48.5 Å². The van der Waals surface area contributed by atoms with Crippen molar-refractivity contribution in [3.8, 4) is 5.75 Å². The molecular weight excluding hydrogens is 278 g/mol. The van der Waals surface area contributed by atoms with E-state index in [4.69, 9.17) is 15.2 Å². The van der Waals surface area contributed by atoms with Crippen molar-refractivity contribution in [1.29, 1.82) is 0 Å². The van der Waals surface area contributed by atoms with Crippen LogP contribution < -0.4 is 15.8 Å². The number of rotatable bonds is 6. The van der Waals surface area contributed by atoms with Gasteiger partial charge in [-0.15, -0.1) is 0 Å². The third-order valence-corrected chi connectivity index (χ3v) is 3.14. The van der Waals surface area contributed by atoms with Gasteiger partial charge in [0.05, 0.1) is 25.9 Å². The molecule has 0 heterocycles. The number of nitrogens with one attached hydrogen (secondary N) is 1. The zero-order chi connectivity index (χ0) is 15.8. The van der Waals surface area contributed by atoms with E-state index in [1.165, 1.54) is 0 Å². The number of aliphatic imine (C=N–C) groups is 1. The minimum absolute atomic E-state index is 0.352. The summed E-state index contributed by atoms with van der Waals surface area (Å²) in [5.41, 5.74) is 8.93. The van der Waals surface area contributed by atoms with Gasteiger partial charge in [-0.3, -0.25) is 0 Å². The number of methoxy groups -OCH3 is 2. The third kappa shape index (κ3) is 4.49. The quantitative estimate of drug-likeness (QED) is 0.635. The Bertz CT molecular complexity index is 624. The molecule has 0 unspecified atom stereocenters. The van der Waals surface area contributed by atoms with Crippen molar-refractivity contribution < 1.29 is 9.47 Å². The molecule has 0 saturated heterocycles. The molecule has 2 aromatic carbocycles. The van der Waals surface area contributed by atoms with Gasteiger partial charge in [0.2, 0.25) is 0 Å². The molecular formula is C17H21N3O2. The number of para-hydroxylation sites is 2. The highest BCUT2D eigenvalue weighted by Crippen LogP contribution is 2.22. The molecule has 0 radical (unpaired) electrons. The maximum absolute atomic E-state index is 5.92. The number of anilines is 1. The molecule has 22 heavy (non-hydrogen) atoms. The van der Waals surface area contributed by atoms with Crippen molar-refractivity contribution in [1.82, 2.24) is 0 Å². The highest BCUT2D eigenvalue weighted by atomic mass is 16.5. The molecule has 0 aliphatic rings. The maximum atomic E-state index is 5.92. The molecule has 5 nitrogen and oxygen atoms in total. The fourth-order valence-electron chi connectivity index (χ4n) is 2.01. The van der Waals surface area contributed by atoms with Gasteiger partial charge in [0, 0.05) is 7.11 Å². The molecule has 0 saturated carbocycles. The zero-order valence-electron chi connectivity index (χ0n) is 12.9. The molecule has 116 valence electrons. The summed E-state index contributed by atoms with van der Waals surface area (Å²) in [6.45, 7) is 1.13. The van der Waals surface area contributed by atoms with Crippen LogP contribution in [0.4, 0.5) is 5.69 Å². The summed E-state index contributed by atoms with van der Waals surface area (Å²) in [6, 6.07) is 15.7. The van der Waals surface area contributed by atoms with E-state index in [2.05, 4.69) is 10.3 Å². The summed E-state index contributed by atoms with van der Waals surface area (Å²) < 4.78 is 10.3. The van der Waals surface area contributed by atoms with Crippen LogP contribution in [0.1, 0.15) is 11.1 Å². The lowest BCUT2D eigenvalue weighted by Crippen LogP contribution is -2.22. The van der Waals surface area contributed by atoms with Crippen molar-refractivity contribution >= 4 is 11.6 Å². The van der Waals surface area contributed by atoms with E-state index < -0.39 is 0 Å². The molecule has 0 aliphatic heterocycles. The Labute approximate surface area is 130 Å². The van der Waals surface area contributed by atoms with Crippen molar-refractivity contribution in [2.45, 2.75) is 13.2 Å². The predicted molar refractivity (Wildman–Crippen MR) is 89.1 cm³/mol. The van der Waals surface area contributed by atoms with Gasteiger partial charge in [-0.2, -0.15) is 0 Å². The number of nitrogens with zero attached hydrogens (tertiary/aromatic N) is 1. The van der Waals surface area contributed by atoms with Crippen molar-refractivity contribution in [3.63, 3.8) is 0 Å². The molecule has 5 heteroatoms. The summed E-state index contributed by atoms with van der Waals surface area (Å²) in [4.78, 5) is 4.34. The number of hydrogen-bond donors (Lipinski definition) is 2. The highest BCUT2D eigenvalue weighted by Gasteiger charge is 2.02. The van der Waals surface area contributed by atoms with Crippen LogP contribution in [0.2, 0.25) is 0 Å². The fraction of sp³-hybridized carbons (Fsp3) is 0.235. The first kappa shape index (κ1) is 15.9. The fourth-order valence-corrected chi connectivity index (χ4v) is 2.01. The molecule has 2 aromatic rings. The highest BCUT2D eigenvalue weighted by molar-refractivity contribution is 5.93. The molecule has 0 amide bonds. The lowest BCUT2D eigenvalue weighted by molar-refractivity contribution is 0.185. The molecule has 0 aliphatic carbocycles. The smallest absolute Gasteiger partial charge is 0.193 e. The summed E-state index contributed by atoms with van der Waals surface area (Å²) in [5, 5.41) is 3.05. The van der Waals surface area contributed by atoms with Gasteiger partial charge in [-0.1, -0.05) is 36.4 Å². The minimum Gasteiger partial charge on any atom is -0.495 e. The summed E-state index contributed by atoms with van der Waals surface area (Å²) in [7, 11) is 3.30. The first-order valence-electron chi connectivity index (χ1n) is 6.99. The monoisotopic (exact) mass is 299 g/mol. The normalized spacial score (nSPS) is 11.3. The van der Waals surface area contributed by atoms with Crippen LogP contribution >= 0.6 is 0 Å². The van der Waals surface area contributed by atoms with Gasteiger partial charge in [-0.05, 0) is 23.3 Å². The molecule has 0 bridgehead atoms. The lowest BCUT2D eigenvalue weighted by Gasteiger charge is -2.10. The second-order valence-electron chi connectivity index (χ2n) is 4.78. The average molecular weight is 299 g/mol. The molecule has 0 atom stereocenters. The van der Waals surface area contributed by atoms with Crippen LogP contribution in [-0.4, -0.2) is 20.2 Å². The second-order valence-corrected chi connectivity index (χ2v) is 4.78. The number of guanidine groups is 1. The van der Waals surface area contributed by atoms with E-state index in [-0.39, 0.29) is 0 Å². The Balaban J connectivity index is 1.97. The van der Waals surface area contributed by atoms with E-state index in [0.29, 0.717) is 19.1 Å². The average Bonchev–Trinajstić information content (AvgIpc) is 2.55. The predicted octanol–water partition coefficient (Wildman–Crippen LogP) is 2.77. The third-order valence-electron chi connectivity index (χ3n) is 3.14. The van der Waals surface area contributed by atoms with Crippen molar-refractivity contribution in [2.75, 3.05) is 19.5 Å². The Morgan fingerprint density at radius 1 is 1.05 bits per heavy atom. The van der Waals surface area contributed by atoms with Gasteiger partial charge < -0.3 is 20.5 Å². The van der Waals surface area contributed by atoms with Gasteiger partial charge >= 0.3 is 0 Å². The van der Waals surface area contributed by atoms with Gasteiger partial charge in [0.1, 0.15) is 5.75 Å². The Kier molecular flexibility index (Phi) is 5.80. The van der Waals surface area contributed by atoms with Gasteiger partial charge in [0.25, 0.3) is 0 Å². The maximum Gasteiger partial charge on any atom is 0.193 e. The largest absolute Gasteiger partial charge is 0.495 e. The van der Waals surface area contributed by atoms with E-state index in [1.54, 1.807) is 14.2 Å². The summed E-state index contributed by atoms with van der Waals surface area (Å²) in [5.74, 6) is 1.08. The van der Waals surface area contributed by atoms with E-state index >= 15 is 0 Å². The van der Waals surface area contributed by atoms with Crippen LogP contribution in [-0.2, 0) is 17.9 Å². The van der Waals surface area contributed by atoms with Crippen LogP contribution in [0.5, 0.6) is 5.75 Å². The Hall–Kier alpha value is -2.53.